The van der Waals surface area contributed by atoms with Gasteiger partial charge in [-0.05, 0) is 51.0 Å². The van der Waals surface area contributed by atoms with Gasteiger partial charge in [0.15, 0.2) is 11.6 Å². The van der Waals surface area contributed by atoms with E-state index >= 15 is 0 Å². The van der Waals surface area contributed by atoms with Gasteiger partial charge < -0.3 is 0 Å². The average Bonchev–Trinajstić information content (AvgIpc) is 2.64. The number of rotatable bonds is 4. The van der Waals surface area contributed by atoms with Crippen molar-refractivity contribution in [1.29, 1.82) is 0 Å². The summed E-state index contributed by atoms with van der Waals surface area (Å²) in [6.07, 6.45) is 0. The highest BCUT2D eigenvalue weighted by molar-refractivity contribution is 6.12. The van der Waals surface area contributed by atoms with E-state index in [9.17, 15) is 9.59 Å². The average molecular weight is 342 g/mol. The van der Waals surface area contributed by atoms with Gasteiger partial charge in [0.1, 0.15) is 0 Å². The van der Waals surface area contributed by atoms with Gasteiger partial charge in [-0.25, -0.2) is 0 Å². The lowest BCUT2D eigenvalue weighted by molar-refractivity contribution is 0.102. The molecule has 0 N–H and O–H groups in total. The maximum Gasteiger partial charge on any atom is 0.193 e. The Balaban J connectivity index is 1.91. The summed E-state index contributed by atoms with van der Waals surface area (Å²) in [5, 5.41) is 0. The number of hydrogen-bond donors (Lipinski definition) is 0. The molecule has 0 radical (unpaired) electrons. The number of carbonyl (C=O) groups is 2. The normalized spacial score (nSPS) is 10.6. The molecule has 0 atom stereocenters. The standard InChI is InChI=1S/C24H22O2/c1-15-5-7-17(3)21(13-15)23(25)19-9-11-20(12-10-19)24(26)22-14-16(2)6-8-18(22)4/h5-14H,1-4H3. The molecule has 0 aliphatic rings. The first kappa shape index (κ1) is 17.8. The van der Waals surface area contributed by atoms with E-state index in [4.69, 9.17) is 0 Å². The SMILES string of the molecule is Cc1ccc(C)c(C(=O)c2ccc(C(=O)c3cc(C)ccc3C)cc2)c1. The molecule has 0 bridgehead atoms. The van der Waals surface area contributed by atoms with Crippen LogP contribution in [0.15, 0.2) is 60.7 Å². The minimum atomic E-state index is -0.0167. The van der Waals surface area contributed by atoms with Crippen LogP contribution in [-0.4, -0.2) is 11.6 Å². The second-order valence-corrected chi connectivity index (χ2v) is 6.87. The molecule has 26 heavy (non-hydrogen) atoms. The Bertz CT molecular complexity index is 913. The summed E-state index contributed by atoms with van der Waals surface area (Å²) in [7, 11) is 0. The summed E-state index contributed by atoms with van der Waals surface area (Å²) in [4.78, 5) is 25.6. The minimum Gasteiger partial charge on any atom is -0.289 e. The Labute approximate surface area is 154 Å². The monoisotopic (exact) mass is 342 g/mol. The van der Waals surface area contributed by atoms with E-state index in [0.29, 0.717) is 22.3 Å². The fraction of sp³-hybridized carbons (Fsp3) is 0.167. The van der Waals surface area contributed by atoms with Crippen molar-refractivity contribution < 1.29 is 9.59 Å². The number of benzene rings is 3. The van der Waals surface area contributed by atoms with Gasteiger partial charge >= 0.3 is 0 Å². The van der Waals surface area contributed by atoms with Crippen LogP contribution in [0.2, 0.25) is 0 Å². The molecule has 0 spiro atoms. The molecule has 0 aromatic heterocycles. The summed E-state index contributed by atoms with van der Waals surface area (Å²) in [6.45, 7) is 7.82. The molecular formula is C24H22O2. The number of ketones is 2. The first-order valence-corrected chi connectivity index (χ1v) is 8.71. The first-order valence-electron chi connectivity index (χ1n) is 8.71. The van der Waals surface area contributed by atoms with Crippen LogP contribution in [0.4, 0.5) is 0 Å². The van der Waals surface area contributed by atoms with Gasteiger partial charge in [0.25, 0.3) is 0 Å². The zero-order valence-corrected chi connectivity index (χ0v) is 15.6. The minimum absolute atomic E-state index is 0.0167. The Morgan fingerprint density at radius 3 is 1.23 bits per heavy atom. The van der Waals surface area contributed by atoms with Crippen molar-refractivity contribution in [3.8, 4) is 0 Å². The summed E-state index contributed by atoms with van der Waals surface area (Å²) in [5.74, 6) is -0.0335. The van der Waals surface area contributed by atoms with Gasteiger partial charge in [-0.3, -0.25) is 9.59 Å². The van der Waals surface area contributed by atoms with Crippen LogP contribution in [0.5, 0.6) is 0 Å². The van der Waals surface area contributed by atoms with Crippen LogP contribution in [0.25, 0.3) is 0 Å². The van der Waals surface area contributed by atoms with E-state index in [1.165, 1.54) is 0 Å². The molecule has 0 aliphatic carbocycles. The van der Waals surface area contributed by atoms with E-state index < -0.39 is 0 Å². The predicted molar refractivity (Wildman–Crippen MR) is 105 cm³/mol. The van der Waals surface area contributed by atoms with Crippen LogP contribution in [0, 0.1) is 27.7 Å². The van der Waals surface area contributed by atoms with E-state index in [1.807, 2.05) is 64.1 Å². The first-order chi connectivity index (χ1) is 12.4. The largest absolute Gasteiger partial charge is 0.289 e. The third-order valence-corrected chi connectivity index (χ3v) is 4.68. The molecule has 3 aromatic rings. The summed E-state index contributed by atoms with van der Waals surface area (Å²) >= 11 is 0. The molecule has 0 saturated carbocycles. The van der Waals surface area contributed by atoms with Crippen LogP contribution in [0.1, 0.15) is 54.1 Å². The Kier molecular flexibility index (Phi) is 4.85. The van der Waals surface area contributed by atoms with E-state index in [2.05, 4.69) is 0 Å². The summed E-state index contributed by atoms with van der Waals surface area (Å²) < 4.78 is 0. The van der Waals surface area contributed by atoms with Gasteiger partial charge in [-0.15, -0.1) is 0 Å². The van der Waals surface area contributed by atoms with Crippen LogP contribution in [-0.2, 0) is 0 Å². The Morgan fingerprint density at radius 2 is 0.885 bits per heavy atom. The topological polar surface area (TPSA) is 34.1 Å². The quantitative estimate of drug-likeness (QED) is 0.596. The highest BCUT2D eigenvalue weighted by atomic mass is 16.1. The molecule has 2 heteroatoms. The van der Waals surface area contributed by atoms with Crippen molar-refractivity contribution in [2.75, 3.05) is 0 Å². The second kappa shape index (κ2) is 7.09. The van der Waals surface area contributed by atoms with E-state index in [0.717, 1.165) is 22.3 Å². The summed E-state index contributed by atoms with van der Waals surface area (Å²) in [5.41, 5.74) is 6.62. The lowest BCUT2D eigenvalue weighted by Crippen LogP contribution is -2.07. The van der Waals surface area contributed by atoms with Crippen molar-refractivity contribution in [2.45, 2.75) is 27.7 Å². The number of hydrogen-bond acceptors (Lipinski definition) is 2. The highest BCUT2D eigenvalue weighted by Gasteiger charge is 2.15. The van der Waals surface area contributed by atoms with Crippen molar-refractivity contribution in [3.05, 3.63) is 105 Å². The molecule has 0 fully saturated rings. The molecule has 0 saturated heterocycles. The highest BCUT2D eigenvalue weighted by Crippen LogP contribution is 2.19. The Hall–Kier alpha value is -3.00. The molecular weight excluding hydrogens is 320 g/mol. The lowest BCUT2D eigenvalue weighted by atomic mass is 9.94. The van der Waals surface area contributed by atoms with Gasteiger partial charge in [0.2, 0.25) is 0 Å². The fourth-order valence-corrected chi connectivity index (χ4v) is 3.04. The fourth-order valence-electron chi connectivity index (χ4n) is 3.04. The van der Waals surface area contributed by atoms with E-state index in [1.54, 1.807) is 24.3 Å². The molecule has 3 aromatic carbocycles. The van der Waals surface area contributed by atoms with Crippen LogP contribution >= 0.6 is 0 Å². The van der Waals surface area contributed by atoms with Crippen molar-refractivity contribution in [1.82, 2.24) is 0 Å². The van der Waals surface area contributed by atoms with Crippen LogP contribution < -0.4 is 0 Å². The van der Waals surface area contributed by atoms with Crippen molar-refractivity contribution in [2.24, 2.45) is 0 Å². The zero-order chi connectivity index (χ0) is 18.8. The maximum absolute atomic E-state index is 12.8. The molecule has 130 valence electrons. The van der Waals surface area contributed by atoms with Crippen molar-refractivity contribution >= 4 is 11.6 Å². The third kappa shape index (κ3) is 3.50. The molecule has 0 amide bonds. The summed E-state index contributed by atoms with van der Waals surface area (Å²) in [6, 6.07) is 18.7. The third-order valence-electron chi connectivity index (χ3n) is 4.68. The second-order valence-electron chi connectivity index (χ2n) is 6.87. The van der Waals surface area contributed by atoms with Gasteiger partial charge in [-0.2, -0.15) is 0 Å². The molecule has 3 rings (SSSR count). The molecule has 2 nitrogen and oxygen atoms in total. The van der Waals surface area contributed by atoms with Crippen LogP contribution in [0.3, 0.4) is 0 Å². The van der Waals surface area contributed by atoms with E-state index in [-0.39, 0.29) is 11.6 Å². The van der Waals surface area contributed by atoms with Gasteiger partial charge in [0, 0.05) is 22.3 Å². The lowest BCUT2D eigenvalue weighted by Gasteiger charge is -2.09. The number of aryl methyl sites for hydroxylation is 4. The zero-order valence-electron chi connectivity index (χ0n) is 15.6. The van der Waals surface area contributed by atoms with Crippen molar-refractivity contribution in [3.63, 3.8) is 0 Å². The molecule has 0 unspecified atom stereocenters. The number of carbonyl (C=O) groups excluding carboxylic acids is 2. The molecule has 0 heterocycles. The smallest absolute Gasteiger partial charge is 0.193 e. The predicted octanol–water partition coefficient (Wildman–Crippen LogP) is 5.38. The Morgan fingerprint density at radius 1 is 0.538 bits per heavy atom. The molecule has 0 aliphatic heterocycles. The van der Waals surface area contributed by atoms with Gasteiger partial charge in [-0.1, -0.05) is 59.7 Å². The maximum atomic E-state index is 12.8. The van der Waals surface area contributed by atoms with Gasteiger partial charge in [0.05, 0.1) is 0 Å².